The van der Waals surface area contributed by atoms with Gasteiger partial charge in [0.05, 0.1) is 25.4 Å². The molecule has 1 N–H and O–H groups in total. The second-order valence-electron chi connectivity index (χ2n) is 4.28. The number of hydrogen-bond acceptors (Lipinski definition) is 4. The van der Waals surface area contributed by atoms with Crippen molar-refractivity contribution >= 4 is 17.6 Å². The molecule has 0 heterocycles. The van der Waals surface area contributed by atoms with Crippen LogP contribution in [-0.2, 0) is 14.3 Å². The monoisotopic (exact) mass is 300 g/mol. The SMILES string of the molecule is CCOC(=O)CN(CC)CC(=O)Nc1cc(F)ccc1F. The molecule has 0 spiro atoms. The molecule has 0 fully saturated rings. The molecular formula is C14H18F2N2O3. The van der Waals surface area contributed by atoms with E-state index in [1.165, 1.54) is 4.90 Å². The van der Waals surface area contributed by atoms with E-state index in [1.54, 1.807) is 13.8 Å². The van der Waals surface area contributed by atoms with Gasteiger partial charge in [-0.2, -0.15) is 0 Å². The van der Waals surface area contributed by atoms with Crippen LogP contribution >= 0.6 is 0 Å². The molecule has 0 saturated heterocycles. The molecule has 7 heteroatoms. The van der Waals surface area contributed by atoms with E-state index in [-0.39, 0.29) is 25.4 Å². The highest BCUT2D eigenvalue weighted by molar-refractivity contribution is 5.92. The van der Waals surface area contributed by atoms with E-state index in [1.807, 2.05) is 0 Å². The van der Waals surface area contributed by atoms with E-state index in [4.69, 9.17) is 4.74 Å². The summed E-state index contributed by atoms with van der Waals surface area (Å²) in [4.78, 5) is 24.7. The van der Waals surface area contributed by atoms with Crippen molar-refractivity contribution in [3.8, 4) is 0 Å². The lowest BCUT2D eigenvalue weighted by atomic mass is 10.3. The van der Waals surface area contributed by atoms with Crippen LogP contribution in [0.3, 0.4) is 0 Å². The molecule has 0 aromatic heterocycles. The normalized spacial score (nSPS) is 10.5. The quantitative estimate of drug-likeness (QED) is 0.780. The summed E-state index contributed by atoms with van der Waals surface area (Å²) in [5, 5.41) is 2.27. The highest BCUT2D eigenvalue weighted by atomic mass is 19.1. The standard InChI is InChI=1S/C14H18F2N2O3/c1-3-18(9-14(20)21-4-2)8-13(19)17-12-7-10(15)5-6-11(12)16/h5-7H,3-4,8-9H2,1-2H3,(H,17,19). The number of esters is 1. The third kappa shape index (κ3) is 5.86. The van der Waals surface area contributed by atoms with Crippen LogP contribution in [0.15, 0.2) is 18.2 Å². The van der Waals surface area contributed by atoms with Crippen molar-refractivity contribution in [3.05, 3.63) is 29.8 Å². The van der Waals surface area contributed by atoms with Gasteiger partial charge >= 0.3 is 5.97 Å². The van der Waals surface area contributed by atoms with Gasteiger partial charge in [-0.25, -0.2) is 8.78 Å². The lowest BCUT2D eigenvalue weighted by Gasteiger charge is -2.18. The zero-order valence-corrected chi connectivity index (χ0v) is 12.0. The molecule has 1 aromatic carbocycles. The smallest absolute Gasteiger partial charge is 0.320 e. The topological polar surface area (TPSA) is 58.6 Å². The number of likely N-dealkylation sites (N-methyl/N-ethyl adjacent to an activating group) is 1. The molecule has 0 aliphatic carbocycles. The number of carbonyl (C=O) groups excluding carboxylic acids is 2. The number of rotatable bonds is 7. The highest BCUT2D eigenvalue weighted by Crippen LogP contribution is 2.15. The first-order valence-corrected chi connectivity index (χ1v) is 6.59. The van der Waals surface area contributed by atoms with Crippen molar-refractivity contribution in [2.75, 3.05) is 31.6 Å². The Bertz CT molecular complexity index is 509. The summed E-state index contributed by atoms with van der Waals surface area (Å²) >= 11 is 0. The van der Waals surface area contributed by atoms with Crippen LogP contribution in [0.4, 0.5) is 14.5 Å². The van der Waals surface area contributed by atoms with Gasteiger partial charge in [0.15, 0.2) is 0 Å². The summed E-state index contributed by atoms with van der Waals surface area (Å²) in [7, 11) is 0. The predicted molar refractivity (Wildman–Crippen MR) is 73.7 cm³/mol. The largest absolute Gasteiger partial charge is 0.465 e. The van der Waals surface area contributed by atoms with Crippen LogP contribution in [0.25, 0.3) is 0 Å². The van der Waals surface area contributed by atoms with Crippen molar-refractivity contribution in [2.24, 2.45) is 0 Å². The zero-order valence-electron chi connectivity index (χ0n) is 12.0. The number of hydrogen-bond donors (Lipinski definition) is 1. The van der Waals surface area contributed by atoms with Gasteiger partial charge in [0.25, 0.3) is 0 Å². The van der Waals surface area contributed by atoms with Crippen molar-refractivity contribution in [2.45, 2.75) is 13.8 Å². The summed E-state index contributed by atoms with van der Waals surface area (Å²) in [6.07, 6.45) is 0. The number of nitrogens with zero attached hydrogens (tertiary/aromatic N) is 1. The summed E-state index contributed by atoms with van der Waals surface area (Å²) in [5.41, 5.74) is -0.229. The number of anilines is 1. The van der Waals surface area contributed by atoms with Gasteiger partial charge in [-0.3, -0.25) is 14.5 Å². The number of nitrogens with one attached hydrogen (secondary N) is 1. The first-order chi connectivity index (χ1) is 9.96. The van der Waals surface area contributed by atoms with Gasteiger partial charge < -0.3 is 10.1 Å². The Kier molecular flexibility index (Phi) is 6.74. The van der Waals surface area contributed by atoms with Gasteiger partial charge in [-0.05, 0) is 25.6 Å². The first kappa shape index (κ1) is 17.0. The molecular weight excluding hydrogens is 282 g/mol. The van der Waals surface area contributed by atoms with Crippen LogP contribution in [0.1, 0.15) is 13.8 Å². The summed E-state index contributed by atoms with van der Waals surface area (Å²) in [5.74, 6) is -2.35. The predicted octanol–water partition coefficient (Wildman–Crippen LogP) is 1.79. The summed E-state index contributed by atoms with van der Waals surface area (Å²) in [6, 6.07) is 2.79. The minimum Gasteiger partial charge on any atom is -0.465 e. The zero-order chi connectivity index (χ0) is 15.8. The van der Waals surface area contributed by atoms with E-state index in [0.717, 1.165) is 18.2 Å². The average molecular weight is 300 g/mol. The minimum absolute atomic E-state index is 0.0383. The molecule has 1 amide bonds. The molecule has 116 valence electrons. The Labute approximate surface area is 121 Å². The fraction of sp³-hybridized carbons (Fsp3) is 0.429. The van der Waals surface area contributed by atoms with E-state index in [0.29, 0.717) is 6.54 Å². The maximum absolute atomic E-state index is 13.4. The molecule has 0 radical (unpaired) electrons. The third-order valence-electron chi connectivity index (χ3n) is 2.67. The van der Waals surface area contributed by atoms with Crippen LogP contribution < -0.4 is 5.32 Å². The van der Waals surface area contributed by atoms with E-state index in [9.17, 15) is 18.4 Å². The molecule has 0 aliphatic heterocycles. The maximum Gasteiger partial charge on any atom is 0.320 e. The third-order valence-corrected chi connectivity index (χ3v) is 2.67. The summed E-state index contributed by atoms with van der Waals surface area (Å²) in [6.45, 7) is 4.01. The number of halogens is 2. The molecule has 1 aromatic rings. The van der Waals surface area contributed by atoms with Gasteiger partial charge in [0.2, 0.25) is 5.91 Å². The van der Waals surface area contributed by atoms with E-state index in [2.05, 4.69) is 5.32 Å². The molecule has 1 rings (SSSR count). The van der Waals surface area contributed by atoms with E-state index < -0.39 is 23.5 Å². The lowest BCUT2D eigenvalue weighted by Crippen LogP contribution is -2.37. The van der Waals surface area contributed by atoms with Crippen molar-refractivity contribution in [3.63, 3.8) is 0 Å². The fourth-order valence-electron chi connectivity index (χ4n) is 1.65. The molecule has 0 saturated carbocycles. The number of amides is 1. The van der Waals surface area contributed by atoms with Crippen LogP contribution in [0.2, 0.25) is 0 Å². The van der Waals surface area contributed by atoms with Crippen LogP contribution in [-0.4, -0.2) is 43.0 Å². The molecule has 0 aliphatic rings. The Morgan fingerprint density at radius 1 is 1.24 bits per heavy atom. The van der Waals surface area contributed by atoms with E-state index >= 15 is 0 Å². The lowest BCUT2D eigenvalue weighted by molar-refractivity contribution is -0.144. The number of ether oxygens (including phenoxy) is 1. The van der Waals surface area contributed by atoms with Gasteiger partial charge in [0.1, 0.15) is 11.6 Å². The Balaban J connectivity index is 2.58. The van der Waals surface area contributed by atoms with Crippen molar-refractivity contribution in [1.82, 2.24) is 4.90 Å². The van der Waals surface area contributed by atoms with Crippen LogP contribution in [0, 0.1) is 11.6 Å². The van der Waals surface area contributed by atoms with Gasteiger partial charge in [-0.1, -0.05) is 6.92 Å². The number of carbonyl (C=O) groups is 2. The molecule has 0 bridgehead atoms. The van der Waals surface area contributed by atoms with Crippen LogP contribution in [0.5, 0.6) is 0 Å². The van der Waals surface area contributed by atoms with Crippen molar-refractivity contribution in [1.29, 1.82) is 0 Å². The molecule has 5 nitrogen and oxygen atoms in total. The maximum atomic E-state index is 13.4. The van der Waals surface area contributed by atoms with Gasteiger partial charge in [-0.15, -0.1) is 0 Å². The molecule has 0 atom stereocenters. The molecule has 0 unspecified atom stereocenters. The second-order valence-corrected chi connectivity index (χ2v) is 4.28. The molecule has 21 heavy (non-hydrogen) atoms. The first-order valence-electron chi connectivity index (χ1n) is 6.59. The Hall–Kier alpha value is -2.02. The second kappa shape index (κ2) is 8.31. The van der Waals surface area contributed by atoms with Crippen molar-refractivity contribution < 1.29 is 23.1 Å². The average Bonchev–Trinajstić information content (AvgIpc) is 2.42. The summed E-state index contributed by atoms with van der Waals surface area (Å²) < 4.78 is 31.2. The number of benzene rings is 1. The van der Waals surface area contributed by atoms with Gasteiger partial charge in [0, 0.05) is 6.07 Å². The Morgan fingerprint density at radius 3 is 2.57 bits per heavy atom. The Morgan fingerprint density at radius 2 is 1.95 bits per heavy atom. The minimum atomic E-state index is -0.724. The fourth-order valence-corrected chi connectivity index (χ4v) is 1.65. The highest BCUT2D eigenvalue weighted by Gasteiger charge is 2.15.